The number of halogens is 1. The number of benzene rings is 1. The fourth-order valence-corrected chi connectivity index (χ4v) is 2.12. The van der Waals surface area contributed by atoms with Gasteiger partial charge in [-0.1, -0.05) is 26.0 Å². The molecule has 1 aliphatic rings. The summed E-state index contributed by atoms with van der Waals surface area (Å²) in [6.07, 6.45) is 3.28. The maximum Gasteiger partial charge on any atom is 0.122 e. The third-order valence-electron chi connectivity index (χ3n) is 3.20. The summed E-state index contributed by atoms with van der Waals surface area (Å²) >= 11 is 0. The normalized spacial score (nSPS) is 15.1. The van der Waals surface area contributed by atoms with Crippen molar-refractivity contribution in [1.82, 2.24) is 0 Å². The van der Waals surface area contributed by atoms with Crippen molar-refractivity contribution in [3.8, 4) is 5.75 Å². The molecule has 0 amide bonds. The van der Waals surface area contributed by atoms with Gasteiger partial charge in [-0.2, -0.15) is 0 Å². The van der Waals surface area contributed by atoms with Crippen molar-refractivity contribution in [2.75, 3.05) is 6.61 Å². The Morgan fingerprint density at radius 1 is 1.29 bits per heavy atom. The largest absolute Gasteiger partial charge is 0.493 e. The molecule has 0 saturated heterocycles. The van der Waals surface area contributed by atoms with Crippen LogP contribution < -0.4 is 10.5 Å². The van der Waals surface area contributed by atoms with Gasteiger partial charge in [0.2, 0.25) is 0 Å². The molecular formula is C14H22ClNO. The fourth-order valence-electron chi connectivity index (χ4n) is 2.12. The molecule has 0 spiro atoms. The SMILES string of the molecule is CC(C)CC[C@@H](N)c1ccc2c(c1)CCO2.Cl. The lowest BCUT2D eigenvalue weighted by Crippen LogP contribution is -2.11. The highest BCUT2D eigenvalue weighted by Gasteiger charge is 2.14. The first-order chi connectivity index (χ1) is 7.66. The van der Waals surface area contributed by atoms with E-state index in [0.29, 0.717) is 0 Å². The first kappa shape index (κ1) is 14.3. The topological polar surface area (TPSA) is 35.2 Å². The Kier molecular flexibility index (Phi) is 5.29. The lowest BCUT2D eigenvalue weighted by molar-refractivity contribution is 0.356. The zero-order valence-electron chi connectivity index (χ0n) is 10.6. The van der Waals surface area contributed by atoms with Gasteiger partial charge >= 0.3 is 0 Å². The molecule has 2 N–H and O–H groups in total. The fraction of sp³-hybridized carbons (Fsp3) is 0.571. The van der Waals surface area contributed by atoms with Crippen LogP contribution in [-0.2, 0) is 6.42 Å². The smallest absolute Gasteiger partial charge is 0.122 e. The van der Waals surface area contributed by atoms with Gasteiger partial charge in [-0.3, -0.25) is 0 Å². The van der Waals surface area contributed by atoms with E-state index in [9.17, 15) is 0 Å². The number of hydrogen-bond donors (Lipinski definition) is 1. The van der Waals surface area contributed by atoms with Crippen LogP contribution in [0.4, 0.5) is 0 Å². The molecule has 0 radical (unpaired) electrons. The standard InChI is InChI=1S/C14H21NO.ClH/c1-10(2)3-5-13(15)11-4-6-14-12(9-11)7-8-16-14;/h4,6,9-10,13H,3,5,7-8,15H2,1-2H3;1H/t13-;/m1./s1. The lowest BCUT2D eigenvalue weighted by atomic mass is 9.96. The van der Waals surface area contributed by atoms with Crippen molar-refractivity contribution in [1.29, 1.82) is 0 Å². The van der Waals surface area contributed by atoms with E-state index < -0.39 is 0 Å². The van der Waals surface area contributed by atoms with E-state index in [0.717, 1.165) is 31.1 Å². The third kappa shape index (κ3) is 3.62. The van der Waals surface area contributed by atoms with E-state index >= 15 is 0 Å². The average molecular weight is 256 g/mol. The predicted octanol–water partition coefficient (Wildman–Crippen LogP) is 3.48. The number of rotatable bonds is 4. The van der Waals surface area contributed by atoms with Gasteiger partial charge in [0.15, 0.2) is 0 Å². The molecule has 0 aromatic heterocycles. The molecular weight excluding hydrogens is 234 g/mol. The molecule has 0 fully saturated rings. The summed E-state index contributed by atoms with van der Waals surface area (Å²) in [5, 5.41) is 0. The Bertz CT molecular complexity index is 365. The van der Waals surface area contributed by atoms with Crippen molar-refractivity contribution in [2.24, 2.45) is 11.7 Å². The maximum atomic E-state index is 6.20. The Balaban J connectivity index is 0.00000144. The van der Waals surface area contributed by atoms with E-state index in [1.165, 1.54) is 17.5 Å². The van der Waals surface area contributed by atoms with Crippen LogP contribution in [0.1, 0.15) is 43.9 Å². The zero-order chi connectivity index (χ0) is 11.5. The number of hydrogen-bond acceptors (Lipinski definition) is 2. The molecule has 1 aromatic carbocycles. The minimum absolute atomic E-state index is 0. The van der Waals surface area contributed by atoms with Crippen molar-refractivity contribution >= 4 is 12.4 Å². The first-order valence-corrected chi connectivity index (χ1v) is 6.18. The molecule has 1 aromatic rings. The second kappa shape index (κ2) is 6.27. The Morgan fingerprint density at radius 2 is 2.06 bits per heavy atom. The molecule has 0 unspecified atom stereocenters. The Hall–Kier alpha value is -0.730. The van der Waals surface area contributed by atoms with Crippen LogP contribution in [-0.4, -0.2) is 6.61 Å². The van der Waals surface area contributed by atoms with Crippen LogP contribution in [0.5, 0.6) is 5.75 Å². The molecule has 1 aliphatic heterocycles. The molecule has 0 bridgehead atoms. The summed E-state index contributed by atoms with van der Waals surface area (Å²) in [5.41, 5.74) is 8.77. The van der Waals surface area contributed by atoms with Crippen LogP contribution in [0.15, 0.2) is 18.2 Å². The molecule has 1 heterocycles. The number of fused-ring (bicyclic) bond motifs is 1. The molecule has 2 nitrogen and oxygen atoms in total. The van der Waals surface area contributed by atoms with E-state index in [-0.39, 0.29) is 18.4 Å². The van der Waals surface area contributed by atoms with Crippen LogP contribution in [0.25, 0.3) is 0 Å². The van der Waals surface area contributed by atoms with E-state index in [4.69, 9.17) is 10.5 Å². The minimum atomic E-state index is 0. The van der Waals surface area contributed by atoms with Crippen LogP contribution in [0.3, 0.4) is 0 Å². The third-order valence-corrected chi connectivity index (χ3v) is 3.20. The van der Waals surface area contributed by atoms with Crippen molar-refractivity contribution in [3.05, 3.63) is 29.3 Å². The second-order valence-corrected chi connectivity index (χ2v) is 5.04. The van der Waals surface area contributed by atoms with E-state index in [1.54, 1.807) is 0 Å². The summed E-state index contributed by atoms with van der Waals surface area (Å²) in [6.45, 7) is 5.30. The quantitative estimate of drug-likeness (QED) is 0.894. The van der Waals surface area contributed by atoms with Crippen molar-refractivity contribution < 1.29 is 4.74 Å². The van der Waals surface area contributed by atoms with E-state index in [1.807, 2.05) is 0 Å². The summed E-state index contributed by atoms with van der Waals surface area (Å²) in [4.78, 5) is 0. The summed E-state index contributed by atoms with van der Waals surface area (Å²) < 4.78 is 5.49. The maximum absolute atomic E-state index is 6.20. The van der Waals surface area contributed by atoms with Crippen molar-refractivity contribution in [3.63, 3.8) is 0 Å². The number of nitrogens with two attached hydrogens (primary N) is 1. The summed E-state index contributed by atoms with van der Waals surface area (Å²) in [6, 6.07) is 6.56. The highest BCUT2D eigenvalue weighted by molar-refractivity contribution is 5.85. The van der Waals surface area contributed by atoms with Gasteiger partial charge in [0.1, 0.15) is 5.75 Å². The van der Waals surface area contributed by atoms with Crippen LogP contribution in [0.2, 0.25) is 0 Å². The molecule has 17 heavy (non-hydrogen) atoms. The minimum Gasteiger partial charge on any atom is -0.493 e. The molecule has 3 heteroatoms. The van der Waals surface area contributed by atoms with Gasteiger partial charge < -0.3 is 10.5 Å². The Labute approximate surface area is 110 Å². The molecule has 0 saturated carbocycles. The molecule has 96 valence electrons. The van der Waals surface area contributed by atoms with E-state index in [2.05, 4.69) is 32.0 Å². The molecule has 1 atom stereocenters. The van der Waals surface area contributed by atoms with Crippen LogP contribution in [0, 0.1) is 5.92 Å². The lowest BCUT2D eigenvalue weighted by Gasteiger charge is -2.14. The Morgan fingerprint density at radius 3 is 2.76 bits per heavy atom. The van der Waals surface area contributed by atoms with Gasteiger partial charge in [0.05, 0.1) is 6.61 Å². The van der Waals surface area contributed by atoms with Crippen LogP contribution >= 0.6 is 12.4 Å². The van der Waals surface area contributed by atoms with Gasteiger partial charge in [0, 0.05) is 12.5 Å². The molecule has 2 rings (SSSR count). The first-order valence-electron chi connectivity index (χ1n) is 6.18. The highest BCUT2D eigenvalue weighted by atomic mass is 35.5. The number of ether oxygens (including phenoxy) is 1. The van der Waals surface area contributed by atoms with Crippen molar-refractivity contribution in [2.45, 2.75) is 39.2 Å². The van der Waals surface area contributed by atoms with Gasteiger partial charge in [-0.15, -0.1) is 12.4 Å². The van der Waals surface area contributed by atoms with Gasteiger partial charge in [-0.25, -0.2) is 0 Å². The summed E-state index contributed by atoms with van der Waals surface area (Å²) in [5.74, 6) is 1.77. The zero-order valence-corrected chi connectivity index (χ0v) is 11.4. The van der Waals surface area contributed by atoms with Gasteiger partial charge in [0.25, 0.3) is 0 Å². The van der Waals surface area contributed by atoms with Gasteiger partial charge in [-0.05, 0) is 36.0 Å². The average Bonchev–Trinajstić information content (AvgIpc) is 2.72. The predicted molar refractivity (Wildman–Crippen MR) is 73.9 cm³/mol. The highest BCUT2D eigenvalue weighted by Crippen LogP contribution is 2.29. The summed E-state index contributed by atoms with van der Waals surface area (Å²) in [7, 11) is 0. The monoisotopic (exact) mass is 255 g/mol. The molecule has 0 aliphatic carbocycles. The second-order valence-electron chi connectivity index (χ2n) is 5.04.